The number of carbonyl (C=O) groups is 4. The molecule has 1 amide bonds. The molecule has 194 valence electrons. The minimum absolute atomic E-state index is 0.227. The third-order valence-corrected chi connectivity index (χ3v) is 8.60. The van der Waals surface area contributed by atoms with Crippen LogP contribution in [-0.4, -0.2) is 58.3 Å². The monoisotopic (exact) mass is 506 g/mol. The molecule has 1 aromatic carbocycles. The molecular formula is C28H30N2O7. The Bertz CT molecular complexity index is 1420. The second-order valence-electron chi connectivity index (χ2n) is 11.5. The summed E-state index contributed by atoms with van der Waals surface area (Å²) >= 11 is 0. The maximum atomic E-state index is 14.0. The molecule has 37 heavy (non-hydrogen) atoms. The smallest absolute Gasteiger partial charge is 0.320 e. The highest BCUT2D eigenvalue weighted by Gasteiger charge is 2.87. The van der Waals surface area contributed by atoms with Crippen LogP contribution in [0.15, 0.2) is 42.1 Å². The van der Waals surface area contributed by atoms with Crippen LogP contribution in [0, 0.1) is 23.2 Å². The van der Waals surface area contributed by atoms with Crippen LogP contribution in [0.5, 0.6) is 0 Å². The second-order valence-corrected chi connectivity index (χ2v) is 11.5. The summed E-state index contributed by atoms with van der Waals surface area (Å²) in [5.41, 5.74) is -1.56. The Hall–Kier alpha value is -3.62. The number of hydrogen-bond donors (Lipinski definition) is 0. The number of ether oxygens (including phenoxy) is 3. The highest BCUT2D eigenvalue weighted by atomic mass is 16.6. The summed E-state index contributed by atoms with van der Waals surface area (Å²) in [4.78, 5) is 54.0. The topological polar surface area (TPSA) is 104 Å². The first-order chi connectivity index (χ1) is 17.4. The van der Waals surface area contributed by atoms with Crippen LogP contribution in [0.1, 0.15) is 39.8 Å². The normalized spacial score (nSPS) is 32.2. The van der Waals surface area contributed by atoms with Crippen LogP contribution in [-0.2, 0) is 39.9 Å². The van der Waals surface area contributed by atoms with Crippen LogP contribution < -0.4 is 0 Å². The van der Waals surface area contributed by atoms with Crippen molar-refractivity contribution in [2.75, 3.05) is 6.54 Å². The molecule has 2 spiro atoms. The van der Waals surface area contributed by atoms with E-state index in [0.29, 0.717) is 6.54 Å². The number of amides is 1. The zero-order valence-corrected chi connectivity index (χ0v) is 21.6. The molecule has 0 radical (unpaired) electrons. The van der Waals surface area contributed by atoms with Crippen molar-refractivity contribution in [3.8, 4) is 0 Å². The quantitative estimate of drug-likeness (QED) is 0.357. The lowest BCUT2D eigenvalue weighted by molar-refractivity contribution is -0.167. The van der Waals surface area contributed by atoms with Crippen LogP contribution in [0.2, 0.25) is 0 Å². The Labute approximate surface area is 214 Å². The maximum Gasteiger partial charge on any atom is 0.320 e. The van der Waals surface area contributed by atoms with E-state index < -0.39 is 58.5 Å². The first-order valence-electron chi connectivity index (χ1n) is 12.6. The van der Waals surface area contributed by atoms with E-state index in [9.17, 15) is 19.2 Å². The molecule has 4 heterocycles. The molecule has 3 saturated heterocycles. The third kappa shape index (κ3) is 2.85. The van der Waals surface area contributed by atoms with Gasteiger partial charge in [0, 0.05) is 37.3 Å². The average molecular weight is 507 g/mol. The number of likely N-dealkylation sites (tertiary alicyclic amines) is 1. The summed E-state index contributed by atoms with van der Waals surface area (Å²) in [6.45, 7) is 9.84. The van der Waals surface area contributed by atoms with Gasteiger partial charge in [-0.05, 0) is 29.4 Å². The molecule has 0 N–H and O–H groups in total. The molecule has 1 aromatic heterocycles. The van der Waals surface area contributed by atoms with Gasteiger partial charge in [-0.1, -0.05) is 45.0 Å². The molecule has 3 fully saturated rings. The maximum absolute atomic E-state index is 14.0. The van der Waals surface area contributed by atoms with E-state index in [-0.39, 0.29) is 13.0 Å². The summed E-state index contributed by atoms with van der Waals surface area (Å²) < 4.78 is 19.4. The van der Waals surface area contributed by atoms with Crippen molar-refractivity contribution < 1.29 is 33.4 Å². The Morgan fingerprint density at radius 3 is 2.54 bits per heavy atom. The van der Waals surface area contributed by atoms with Gasteiger partial charge in [0.25, 0.3) is 5.91 Å². The van der Waals surface area contributed by atoms with Crippen molar-refractivity contribution in [3.63, 3.8) is 0 Å². The number of benzene rings is 1. The van der Waals surface area contributed by atoms with Crippen molar-refractivity contribution in [2.45, 2.75) is 66.0 Å². The zero-order chi connectivity index (χ0) is 26.5. The Morgan fingerprint density at radius 2 is 1.86 bits per heavy atom. The molecule has 6 rings (SSSR count). The second kappa shape index (κ2) is 7.46. The molecule has 3 aliphatic heterocycles. The van der Waals surface area contributed by atoms with Gasteiger partial charge in [-0.2, -0.15) is 0 Å². The lowest BCUT2D eigenvalue weighted by atomic mass is 9.56. The summed E-state index contributed by atoms with van der Waals surface area (Å²) in [5, 5.41) is 2.21. The summed E-state index contributed by atoms with van der Waals surface area (Å²) in [6, 6.07) is 8.04. The SMILES string of the molecule is CC(=O)O[C@H]1C(=O)N(CCn2cc3ccccc3c2C)[C@H]2OC(=O)[C@]34CC(=O)O[C@H]3C=C(C(C)(C)C)[C@@]214. The Kier molecular flexibility index (Phi) is 4.79. The molecular weight excluding hydrogens is 476 g/mol. The molecule has 9 heteroatoms. The molecule has 0 saturated carbocycles. The number of aromatic nitrogens is 1. The molecule has 2 aromatic rings. The predicted molar refractivity (Wildman–Crippen MR) is 131 cm³/mol. The van der Waals surface area contributed by atoms with Crippen molar-refractivity contribution >= 4 is 34.6 Å². The van der Waals surface area contributed by atoms with E-state index in [1.54, 1.807) is 6.08 Å². The molecule has 5 atom stereocenters. The molecule has 9 nitrogen and oxygen atoms in total. The van der Waals surface area contributed by atoms with Crippen LogP contribution in [0.25, 0.3) is 10.8 Å². The fraction of sp³-hybridized carbons (Fsp3) is 0.500. The van der Waals surface area contributed by atoms with E-state index in [0.717, 1.165) is 22.0 Å². The van der Waals surface area contributed by atoms with Crippen LogP contribution >= 0.6 is 0 Å². The highest BCUT2D eigenvalue weighted by Crippen LogP contribution is 2.72. The zero-order valence-electron chi connectivity index (χ0n) is 21.6. The van der Waals surface area contributed by atoms with Gasteiger partial charge in [0.2, 0.25) is 0 Å². The number of aryl methyl sites for hydroxylation is 1. The van der Waals surface area contributed by atoms with Gasteiger partial charge in [-0.15, -0.1) is 0 Å². The Morgan fingerprint density at radius 1 is 1.14 bits per heavy atom. The fourth-order valence-electron chi connectivity index (χ4n) is 7.20. The van der Waals surface area contributed by atoms with Gasteiger partial charge in [0.05, 0.1) is 6.42 Å². The number of esters is 3. The summed E-state index contributed by atoms with van der Waals surface area (Å²) in [5.74, 6) is -2.21. The standard InChI is InChI=1S/C28H30N2O7/c1-15-18-9-7-6-8-17(18)14-29(15)10-11-30-23(33)22(35-16(2)31)28-19(26(3,4)5)12-20-27(28,13-21(32)36-20)25(34)37-24(28)30/h6-9,12,14,20,22,24H,10-11,13H2,1-5H3/t20-,22-,24-,27-,28-/m0/s1. The van der Waals surface area contributed by atoms with Crippen LogP contribution in [0.4, 0.5) is 0 Å². The first-order valence-corrected chi connectivity index (χ1v) is 12.6. The average Bonchev–Trinajstić information content (AvgIpc) is 3.52. The lowest BCUT2D eigenvalue weighted by Gasteiger charge is -2.42. The van der Waals surface area contributed by atoms with Crippen LogP contribution in [0.3, 0.4) is 0 Å². The highest BCUT2D eigenvalue weighted by molar-refractivity contribution is 5.99. The van der Waals surface area contributed by atoms with Gasteiger partial charge in [-0.25, -0.2) is 0 Å². The van der Waals surface area contributed by atoms with E-state index in [2.05, 4.69) is 4.57 Å². The number of carbonyl (C=O) groups excluding carboxylic acids is 4. The number of nitrogens with zero attached hydrogens (tertiary/aromatic N) is 2. The number of hydrogen-bond acceptors (Lipinski definition) is 7. The fourth-order valence-corrected chi connectivity index (χ4v) is 7.20. The molecule has 0 bridgehead atoms. The van der Waals surface area contributed by atoms with Crippen molar-refractivity contribution in [2.24, 2.45) is 16.2 Å². The Balaban J connectivity index is 1.46. The first kappa shape index (κ1) is 23.8. The number of fused-ring (bicyclic) bond motifs is 1. The van der Waals surface area contributed by atoms with Gasteiger partial charge >= 0.3 is 17.9 Å². The van der Waals surface area contributed by atoms with Gasteiger partial charge in [0.1, 0.15) is 16.9 Å². The van der Waals surface area contributed by atoms with Crippen molar-refractivity contribution in [3.05, 3.63) is 47.8 Å². The molecule has 1 aliphatic carbocycles. The summed E-state index contributed by atoms with van der Waals surface area (Å²) in [7, 11) is 0. The third-order valence-electron chi connectivity index (χ3n) is 8.60. The largest absolute Gasteiger partial charge is 0.457 e. The van der Waals surface area contributed by atoms with E-state index in [1.807, 2.05) is 58.2 Å². The van der Waals surface area contributed by atoms with Crippen molar-refractivity contribution in [1.82, 2.24) is 9.47 Å². The number of rotatable bonds is 4. The lowest BCUT2D eigenvalue weighted by Crippen LogP contribution is -2.55. The van der Waals surface area contributed by atoms with E-state index >= 15 is 0 Å². The minimum Gasteiger partial charge on any atom is -0.457 e. The summed E-state index contributed by atoms with van der Waals surface area (Å²) in [6.07, 6.45) is 0.374. The predicted octanol–water partition coefficient (Wildman–Crippen LogP) is 2.88. The minimum atomic E-state index is -1.46. The molecule has 4 aliphatic rings. The van der Waals surface area contributed by atoms with E-state index in [4.69, 9.17) is 14.2 Å². The van der Waals surface area contributed by atoms with Gasteiger partial charge in [0.15, 0.2) is 12.3 Å². The molecule has 0 unspecified atom stereocenters. The van der Waals surface area contributed by atoms with E-state index in [1.165, 1.54) is 11.8 Å². The van der Waals surface area contributed by atoms with Gasteiger partial charge < -0.3 is 23.7 Å². The van der Waals surface area contributed by atoms with Crippen molar-refractivity contribution in [1.29, 1.82) is 0 Å². The van der Waals surface area contributed by atoms with Gasteiger partial charge in [-0.3, -0.25) is 19.2 Å².